The molecular formula is C20H12BrClN2O2S. The fourth-order valence-electron chi connectivity index (χ4n) is 2.92. The Kier molecular flexibility index (Phi) is 4.95. The van der Waals surface area contributed by atoms with E-state index in [2.05, 4.69) is 20.9 Å². The molecule has 4 rings (SSSR count). The highest BCUT2D eigenvalue weighted by molar-refractivity contribution is 9.10. The lowest BCUT2D eigenvalue weighted by atomic mass is 10.1. The monoisotopic (exact) mass is 458 g/mol. The summed E-state index contributed by atoms with van der Waals surface area (Å²) in [5.74, 6) is -0.321. The van der Waals surface area contributed by atoms with Crippen molar-refractivity contribution >= 4 is 55.6 Å². The molecule has 0 atom stereocenters. The number of thiophene rings is 1. The van der Waals surface area contributed by atoms with Gasteiger partial charge in [0.15, 0.2) is 0 Å². The van der Waals surface area contributed by atoms with Crippen molar-refractivity contribution in [2.75, 3.05) is 0 Å². The van der Waals surface area contributed by atoms with E-state index in [0.717, 1.165) is 15.8 Å². The molecular weight excluding hydrogens is 448 g/mol. The molecule has 134 valence electrons. The SMILES string of the molecule is O=C(c1ccc(Cl)s1)c1cn(Cc2cccc(Br)n2)c2ccccc2c1=O. The summed E-state index contributed by atoms with van der Waals surface area (Å²) >= 11 is 10.5. The number of rotatable bonds is 4. The first-order valence-electron chi connectivity index (χ1n) is 8.06. The standard InChI is InChI=1S/C20H12BrClN2O2S/c21-17-7-3-4-12(23-17)10-24-11-14(20(26)16-8-9-18(22)27-16)19(25)13-5-1-2-6-15(13)24/h1-9,11H,10H2. The number of carbonyl (C=O) groups excluding carboxylic acids is 1. The lowest BCUT2D eigenvalue weighted by Crippen LogP contribution is -2.19. The van der Waals surface area contributed by atoms with Crippen molar-refractivity contribution in [3.05, 3.63) is 96.1 Å². The van der Waals surface area contributed by atoms with E-state index in [4.69, 9.17) is 11.6 Å². The maximum absolute atomic E-state index is 12.9. The van der Waals surface area contributed by atoms with Crippen LogP contribution in [0.15, 0.2) is 70.2 Å². The molecule has 0 saturated heterocycles. The van der Waals surface area contributed by atoms with Gasteiger partial charge in [-0.15, -0.1) is 11.3 Å². The third-order valence-electron chi connectivity index (χ3n) is 4.13. The Morgan fingerprint density at radius 3 is 2.67 bits per heavy atom. The molecule has 0 N–H and O–H groups in total. The van der Waals surface area contributed by atoms with Crippen LogP contribution in [0.5, 0.6) is 0 Å². The van der Waals surface area contributed by atoms with Gasteiger partial charge in [-0.05, 0) is 52.3 Å². The summed E-state index contributed by atoms with van der Waals surface area (Å²) in [7, 11) is 0. The molecule has 0 aliphatic heterocycles. The smallest absolute Gasteiger partial charge is 0.208 e. The van der Waals surface area contributed by atoms with Crippen LogP contribution in [0.2, 0.25) is 4.34 Å². The molecule has 0 unspecified atom stereocenters. The highest BCUT2D eigenvalue weighted by Crippen LogP contribution is 2.24. The van der Waals surface area contributed by atoms with Crippen LogP contribution in [-0.2, 0) is 6.54 Å². The average Bonchev–Trinajstić information content (AvgIpc) is 3.10. The van der Waals surface area contributed by atoms with Gasteiger partial charge in [-0.1, -0.05) is 29.8 Å². The Bertz CT molecular complexity index is 1230. The Labute approximate surface area is 172 Å². The molecule has 0 aliphatic rings. The second-order valence-electron chi connectivity index (χ2n) is 5.90. The minimum absolute atomic E-state index is 0.127. The lowest BCUT2D eigenvalue weighted by molar-refractivity contribution is 0.104. The Morgan fingerprint density at radius 1 is 1.11 bits per heavy atom. The molecule has 0 saturated carbocycles. The van der Waals surface area contributed by atoms with Crippen molar-refractivity contribution in [2.24, 2.45) is 0 Å². The fourth-order valence-corrected chi connectivity index (χ4v) is 4.30. The number of ketones is 1. The molecule has 0 fully saturated rings. The van der Waals surface area contributed by atoms with Crippen molar-refractivity contribution in [3.8, 4) is 0 Å². The van der Waals surface area contributed by atoms with Crippen LogP contribution in [0.25, 0.3) is 10.9 Å². The van der Waals surface area contributed by atoms with E-state index < -0.39 is 0 Å². The summed E-state index contributed by atoms with van der Waals surface area (Å²) in [5.41, 5.74) is 1.42. The number of benzene rings is 1. The normalized spacial score (nSPS) is 11.0. The molecule has 4 aromatic rings. The van der Waals surface area contributed by atoms with Gasteiger partial charge in [0.05, 0.1) is 32.5 Å². The van der Waals surface area contributed by atoms with E-state index in [9.17, 15) is 9.59 Å². The largest absolute Gasteiger partial charge is 0.340 e. The number of pyridine rings is 2. The Morgan fingerprint density at radius 2 is 1.93 bits per heavy atom. The van der Waals surface area contributed by atoms with E-state index in [-0.39, 0.29) is 16.8 Å². The van der Waals surface area contributed by atoms with Gasteiger partial charge in [-0.2, -0.15) is 0 Å². The summed E-state index contributed by atoms with van der Waals surface area (Å²) in [6.07, 6.45) is 1.61. The quantitative estimate of drug-likeness (QED) is 0.313. The van der Waals surface area contributed by atoms with Crippen LogP contribution in [0, 0.1) is 0 Å². The van der Waals surface area contributed by atoms with E-state index in [1.807, 2.05) is 34.9 Å². The number of hydrogen-bond donors (Lipinski definition) is 0. The van der Waals surface area contributed by atoms with E-state index in [1.54, 1.807) is 30.5 Å². The third kappa shape index (κ3) is 3.60. The highest BCUT2D eigenvalue weighted by atomic mass is 79.9. The number of aromatic nitrogens is 2. The topological polar surface area (TPSA) is 52.0 Å². The second-order valence-corrected chi connectivity index (χ2v) is 8.43. The zero-order valence-electron chi connectivity index (χ0n) is 13.9. The maximum Gasteiger partial charge on any atom is 0.208 e. The minimum Gasteiger partial charge on any atom is -0.340 e. The molecule has 27 heavy (non-hydrogen) atoms. The van der Waals surface area contributed by atoms with Gasteiger partial charge in [0, 0.05) is 11.6 Å². The zero-order chi connectivity index (χ0) is 19.0. The molecule has 0 aliphatic carbocycles. The predicted octanol–water partition coefficient (Wildman–Crippen LogP) is 5.15. The zero-order valence-corrected chi connectivity index (χ0v) is 17.0. The fraction of sp³-hybridized carbons (Fsp3) is 0.0500. The minimum atomic E-state index is -0.321. The number of fused-ring (bicyclic) bond motifs is 1. The molecule has 1 aromatic carbocycles. The van der Waals surface area contributed by atoms with Crippen LogP contribution in [0.3, 0.4) is 0 Å². The predicted molar refractivity (Wildman–Crippen MR) is 112 cm³/mol. The second kappa shape index (κ2) is 7.38. The number of nitrogens with zero attached hydrogens (tertiary/aromatic N) is 2. The lowest BCUT2D eigenvalue weighted by Gasteiger charge is -2.13. The molecule has 4 nitrogen and oxygen atoms in total. The molecule has 3 heterocycles. The summed E-state index contributed by atoms with van der Waals surface area (Å²) in [6, 6.07) is 16.2. The molecule has 7 heteroatoms. The summed E-state index contributed by atoms with van der Waals surface area (Å²) in [5, 5.41) is 0.501. The van der Waals surface area contributed by atoms with Crippen molar-refractivity contribution in [2.45, 2.75) is 6.54 Å². The molecule has 0 spiro atoms. The van der Waals surface area contributed by atoms with Crippen molar-refractivity contribution < 1.29 is 4.79 Å². The van der Waals surface area contributed by atoms with E-state index in [1.165, 1.54) is 11.3 Å². The number of hydrogen-bond acceptors (Lipinski definition) is 4. The van der Waals surface area contributed by atoms with Gasteiger partial charge >= 0.3 is 0 Å². The Hall–Kier alpha value is -2.28. The van der Waals surface area contributed by atoms with Gasteiger partial charge in [-0.3, -0.25) is 9.59 Å². The first kappa shape index (κ1) is 18.1. The maximum atomic E-state index is 12.9. The molecule has 3 aromatic heterocycles. The van der Waals surface area contributed by atoms with Crippen LogP contribution >= 0.6 is 38.9 Å². The first-order chi connectivity index (χ1) is 13.0. The molecule has 0 amide bonds. The van der Waals surface area contributed by atoms with Crippen molar-refractivity contribution in [3.63, 3.8) is 0 Å². The van der Waals surface area contributed by atoms with Gasteiger partial charge in [0.1, 0.15) is 4.60 Å². The molecule has 0 radical (unpaired) electrons. The van der Waals surface area contributed by atoms with Crippen molar-refractivity contribution in [1.82, 2.24) is 9.55 Å². The van der Waals surface area contributed by atoms with E-state index in [0.29, 0.717) is 21.1 Å². The van der Waals surface area contributed by atoms with Crippen molar-refractivity contribution in [1.29, 1.82) is 0 Å². The summed E-state index contributed by atoms with van der Waals surface area (Å²) < 4.78 is 3.13. The summed E-state index contributed by atoms with van der Waals surface area (Å²) in [4.78, 5) is 30.7. The van der Waals surface area contributed by atoms with Crippen LogP contribution in [-0.4, -0.2) is 15.3 Å². The van der Waals surface area contributed by atoms with Gasteiger partial charge in [0.25, 0.3) is 0 Å². The summed E-state index contributed by atoms with van der Waals surface area (Å²) in [6.45, 7) is 0.436. The first-order valence-corrected chi connectivity index (χ1v) is 10.1. The molecule has 0 bridgehead atoms. The van der Waals surface area contributed by atoms with Crippen LogP contribution < -0.4 is 5.43 Å². The number of carbonyl (C=O) groups is 1. The van der Waals surface area contributed by atoms with Gasteiger partial charge < -0.3 is 4.57 Å². The van der Waals surface area contributed by atoms with Gasteiger partial charge in [-0.25, -0.2) is 4.98 Å². The van der Waals surface area contributed by atoms with E-state index >= 15 is 0 Å². The van der Waals surface area contributed by atoms with Gasteiger partial charge in [0.2, 0.25) is 11.2 Å². The number of halogens is 2. The number of para-hydroxylation sites is 1. The van der Waals surface area contributed by atoms with Crippen LogP contribution in [0.1, 0.15) is 20.9 Å². The van der Waals surface area contributed by atoms with Crippen LogP contribution in [0.4, 0.5) is 0 Å². The highest BCUT2D eigenvalue weighted by Gasteiger charge is 2.18. The Balaban J connectivity index is 1.89. The average molecular weight is 460 g/mol. The third-order valence-corrected chi connectivity index (χ3v) is 5.81.